The van der Waals surface area contributed by atoms with Gasteiger partial charge in [0.2, 0.25) is 5.91 Å². The summed E-state index contributed by atoms with van der Waals surface area (Å²) in [6.45, 7) is 4.50. The van der Waals surface area contributed by atoms with E-state index < -0.39 is 66.5 Å². The van der Waals surface area contributed by atoms with E-state index in [9.17, 15) is 19.5 Å². The smallest absolute Gasteiger partial charge is 0.328 e. The average Bonchev–Trinajstić information content (AvgIpc) is 3.32. The summed E-state index contributed by atoms with van der Waals surface area (Å²) < 4.78 is 38.7. The zero-order valence-electron chi connectivity index (χ0n) is 36.0. The molecule has 0 aliphatic carbocycles. The Balaban J connectivity index is 1.37. The van der Waals surface area contributed by atoms with Crippen molar-refractivity contribution in [3.05, 3.63) is 179 Å². The zero-order chi connectivity index (χ0) is 44.4. The highest BCUT2D eigenvalue weighted by Crippen LogP contribution is 2.33. The lowest BCUT2D eigenvalue weighted by atomic mass is 9.89. The Morgan fingerprint density at radius 2 is 1.00 bits per heavy atom. The molecule has 0 radical (unpaired) electrons. The maximum atomic E-state index is 14.2. The van der Waals surface area contributed by atoms with Gasteiger partial charge in [-0.25, -0.2) is 4.79 Å². The van der Waals surface area contributed by atoms with Crippen molar-refractivity contribution in [2.75, 3.05) is 13.7 Å². The Morgan fingerprint density at radius 1 is 0.571 bits per heavy atom. The van der Waals surface area contributed by atoms with Crippen LogP contribution in [0.4, 0.5) is 0 Å². The average molecular weight is 859 g/mol. The van der Waals surface area contributed by atoms with Gasteiger partial charge in [0.25, 0.3) is 5.91 Å². The predicted molar refractivity (Wildman–Crippen MR) is 237 cm³/mol. The predicted octanol–water partition coefficient (Wildman–Crippen LogP) is 6.59. The summed E-state index contributed by atoms with van der Waals surface area (Å²) in [7, 11) is 1.23. The van der Waals surface area contributed by atoms with Gasteiger partial charge in [-0.15, -0.1) is 0 Å². The van der Waals surface area contributed by atoms with E-state index in [0.29, 0.717) is 6.61 Å². The van der Waals surface area contributed by atoms with Crippen LogP contribution in [-0.2, 0) is 64.4 Å². The molecule has 0 saturated carbocycles. The first-order valence-corrected chi connectivity index (χ1v) is 21.4. The van der Waals surface area contributed by atoms with E-state index in [1.807, 2.05) is 121 Å². The lowest BCUT2D eigenvalue weighted by Gasteiger charge is -2.47. The normalized spacial score (nSPS) is 20.0. The fraction of sp³-hybridized carbons (Fsp3) is 0.353. The number of ether oxygens (including phenoxy) is 6. The first-order chi connectivity index (χ1) is 30.7. The van der Waals surface area contributed by atoms with Crippen molar-refractivity contribution in [3.8, 4) is 0 Å². The number of hydrogen-bond acceptors (Lipinski definition) is 10. The van der Waals surface area contributed by atoms with Gasteiger partial charge in [-0.2, -0.15) is 0 Å². The highest BCUT2D eigenvalue weighted by Gasteiger charge is 2.50. The SMILES string of the molecule is COC(=O)[C@@H](NC(=O)[C@@H](NC(=O)c1ccccc1)C(O)C[C@H]1O[C@H](COCc2ccccc2)[C@@H](OCc2ccccc2)[C@H](OCc2ccccc2)[C@H]1OCc1ccccc1)C(C)C. The summed E-state index contributed by atoms with van der Waals surface area (Å²) in [6.07, 6.45) is -5.84. The molecule has 8 atom stereocenters. The second kappa shape index (κ2) is 24.2. The third-order valence-electron chi connectivity index (χ3n) is 10.9. The number of amides is 2. The quantitative estimate of drug-likeness (QED) is 0.0651. The molecule has 1 saturated heterocycles. The number of carbonyl (C=O) groups is 3. The van der Waals surface area contributed by atoms with E-state index >= 15 is 0 Å². The van der Waals surface area contributed by atoms with E-state index in [0.717, 1.165) is 22.3 Å². The second-order valence-electron chi connectivity index (χ2n) is 15.9. The number of hydrogen-bond donors (Lipinski definition) is 3. The summed E-state index contributed by atoms with van der Waals surface area (Å²) in [5.41, 5.74) is 4.00. The third-order valence-corrected chi connectivity index (χ3v) is 10.9. The largest absolute Gasteiger partial charge is 0.467 e. The van der Waals surface area contributed by atoms with Gasteiger partial charge in [-0.1, -0.05) is 153 Å². The number of nitrogens with one attached hydrogen (secondary N) is 2. The van der Waals surface area contributed by atoms with Crippen molar-refractivity contribution >= 4 is 17.8 Å². The van der Waals surface area contributed by atoms with Crippen LogP contribution >= 0.6 is 0 Å². The van der Waals surface area contributed by atoms with Crippen molar-refractivity contribution in [2.45, 2.75) is 95.4 Å². The van der Waals surface area contributed by atoms with Crippen LogP contribution in [0, 0.1) is 5.92 Å². The molecular weight excluding hydrogens is 801 g/mol. The van der Waals surface area contributed by atoms with Gasteiger partial charge in [-0.05, 0) is 40.3 Å². The Hall–Kier alpha value is -5.73. The molecule has 5 aromatic rings. The van der Waals surface area contributed by atoms with Crippen molar-refractivity contribution in [1.82, 2.24) is 10.6 Å². The lowest BCUT2D eigenvalue weighted by molar-refractivity contribution is -0.276. The highest BCUT2D eigenvalue weighted by atomic mass is 16.6. The lowest BCUT2D eigenvalue weighted by Crippen LogP contribution is -2.63. The number of aliphatic hydroxyl groups is 1. The standard InChI is InChI=1S/C51H58N2O10/c1-35(2)44(51(57)58-3)52-50(56)45(53-49(55)40-27-17-8-18-28-40)41(54)29-42-46(60-31-37-21-11-5-12-22-37)48(62-33-39-25-15-7-16-26-39)47(61-32-38-23-13-6-14-24-38)43(63-42)34-59-30-36-19-9-4-10-20-36/h4-28,35,41-48,54H,29-34H2,1-3H3,(H,52,56)(H,53,55)/t41?,42-,43-,44+,45+,46+,47-,48-/m1/s1. The van der Waals surface area contributed by atoms with E-state index in [4.69, 9.17) is 28.4 Å². The molecule has 0 bridgehead atoms. The summed E-state index contributed by atoms with van der Waals surface area (Å²) in [5.74, 6) is -2.41. The molecule has 1 aliphatic heterocycles. The van der Waals surface area contributed by atoms with Crippen LogP contribution in [0.5, 0.6) is 0 Å². The fourth-order valence-corrected chi connectivity index (χ4v) is 7.47. The van der Waals surface area contributed by atoms with Crippen LogP contribution < -0.4 is 10.6 Å². The molecule has 1 heterocycles. The number of esters is 1. The fourth-order valence-electron chi connectivity index (χ4n) is 7.47. The molecule has 3 N–H and O–H groups in total. The molecule has 5 aromatic carbocycles. The van der Waals surface area contributed by atoms with E-state index in [-0.39, 0.29) is 44.3 Å². The molecule has 0 spiro atoms. The summed E-state index contributed by atoms with van der Waals surface area (Å²) >= 11 is 0. The zero-order valence-corrected chi connectivity index (χ0v) is 36.0. The molecule has 63 heavy (non-hydrogen) atoms. The molecule has 332 valence electrons. The van der Waals surface area contributed by atoms with Crippen LogP contribution in [0.3, 0.4) is 0 Å². The summed E-state index contributed by atoms with van der Waals surface area (Å²) in [6, 6.07) is 44.7. The van der Waals surface area contributed by atoms with Gasteiger partial charge in [0.05, 0.1) is 52.4 Å². The maximum Gasteiger partial charge on any atom is 0.328 e. The minimum absolute atomic E-state index is 0.0847. The molecule has 6 rings (SSSR count). The first kappa shape index (κ1) is 46.8. The molecule has 12 heteroatoms. The van der Waals surface area contributed by atoms with Crippen molar-refractivity contribution < 1.29 is 47.9 Å². The molecule has 2 amide bonds. The van der Waals surface area contributed by atoms with E-state index in [1.54, 1.807) is 44.2 Å². The Kier molecular flexibility index (Phi) is 18.0. The molecule has 1 unspecified atom stereocenters. The summed E-state index contributed by atoms with van der Waals surface area (Å²) in [4.78, 5) is 40.7. The van der Waals surface area contributed by atoms with Crippen LogP contribution in [0.1, 0.15) is 52.9 Å². The minimum atomic E-state index is -1.56. The summed E-state index contributed by atoms with van der Waals surface area (Å²) in [5, 5.41) is 17.7. The Bertz CT molecular complexity index is 2110. The maximum absolute atomic E-state index is 14.2. The molecular formula is C51H58N2O10. The van der Waals surface area contributed by atoms with Gasteiger partial charge < -0.3 is 44.2 Å². The second-order valence-corrected chi connectivity index (χ2v) is 15.9. The Morgan fingerprint density at radius 3 is 1.46 bits per heavy atom. The number of rotatable bonds is 22. The number of benzene rings is 5. The minimum Gasteiger partial charge on any atom is -0.467 e. The number of carbonyl (C=O) groups excluding carboxylic acids is 3. The number of aliphatic hydroxyl groups excluding tert-OH is 1. The van der Waals surface area contributed by atoms with Crippen LogP contribution in [0.15, 0.2) is 152 Å². The Labute approximate surface area is 369 Å². The molecule has 0 aromatic heterocycles. The highest BCUT2D eigenvalue weighted by molar-refractivity contribution is 5.98. The van der Waals surface area contributed by atoms with Crippen LogP contribution in [-0.4, -0.2) is 85.3 Å². The van der Waals surface area contributed by atoms with Gasteiger partial charge in [0.1, 0.15) is 36.5 Å². The monoisotopic (exact) mass is 858 g/mol. The molecule has 1 fully saturated rings. The van der Waals surface area contributed by atoms with Crippen LogP contribution in [0.25, 0.3) is 0 Å². The van der Waals surface area contributed by atoms with Gasteiger partial charge in [0.15, 0.2) is 0 Å². The molecule has 1 aliphatic rings. The van der Waals surface area contributed by atoms with Crippen molar-refractivity contribution in [2.24, 2.45) is 5.92 Å². The van der Waals surface area contributed by atoms with Gasteiger partial charge in [0, 0.05) is 12.0 Å². The van der Waals surface area contributed by atoms with E-state index in [2.05, 4.69) is 10.6 Å². The topological polar surface area (TPSA) is 151 Å². The molecule has 12 nitrogen and oxygen atoms in total. The van der Waals surface area contributed by atoms with Gasteiger partial charge in [-0.3, -0.25) is 9.59 Å². The third kappa shape index (κ3) is 13.9. The van der Waals surface area contributed by atoms with Crippen molar-refractivity contribution in [1.29, 1.82) is 0 Å². The number of methoxy groups -OCH3 is 1. The van der Waals surface area contributed by atoms with Crippen LogP contribution in [0.2, 0.25) is 0 Å². The van der Waals surface area contributed by atoms with Gasteiger partial charge >= 0.3 is 5.97 Å². The van der Waals surface area contributed by atoms with E-state index in [1.165, 1.54) is 7.11 Å². The first-order valence-electron chi connectivity index (χ1n) is 21.4. The van der Waals surface area contributed by atoms with Crippen molar-refractivity contribution in [3.63, 3.8) is 0 Å².